The maximum Gasteiger partial charge on any atom is 0.0795 e. The molecule has 0 unspecified atom stereocenters. The number of aromatic nitrogens is 3. The molecule has 5 heteroatoms. The Kier molecular flexibility index (Phi) is 13.3. The van der Waals surface area contributed by atoms with Gasteiger partial charge in [-0.15, -0.1) is 58.5 Å². The van der Waals surface area contributed by atoms with Gasteiger partial charge in [-0.3, -0.25) is 4.98 Å². The number of imidazole rings is 1. The van der Waals surface area contributed by atoms with Gasteiger partial charge in [0.1, 0.15) is 0 Å². The molecular weight excluding hydrogens is 983 g/mol. The van der Waals surface area contributed by atoms with Crippen LogP contribution in [0.1, 0.15) is 56.2 Å². The Morgan fingerprint density at radius 3 is 1.83 bits per heavy atom. The van der Waals surface area contributed by atoms with E-state index in [0.29, 0.717) is 11.8 Å². The molecule has 65 heavy (non-hydrogen) atoms. The molecule has 0 N–H and O–H groups in total. The average molecular weight is 1040 g/mol. The summed E-state index contributed by atoms with van der Waals surface area (Å²) in [5.74, 6) is 1.58. The molecule has 1 radical (unpaired) electrons. The monoisotopic (exact) mass is 1040 g/mol. The Labute approximate surface area is 399 Å². The van der Waals surface area contributed by atoms with Crippen molar-refractivity contribution in [2.24, 2.45) is 0 Å². The number of fused-ring (bicyclic) bond motifs is 4. The fourth-order valence-corrected chi connectivity index (χ4v) is 9.80. The predicted molar refractivity (Wildman–Crippen MR) is 276 cm³/mol. The van der Waals surface area contributed by atoms with Crippen molar-refractivity contribution in [3.05, 3.63) is 205 Å². The maximum atomic E-state index is 5.24. The number of aryl methyl sites for hydroxylation is 1. The van der Waals surface area contributed by atoms with Crippen molar-refractivity contribution < 1.29 is 20.1 Å². The zero-order chi connectivity index (χ0) is 44.5. The van der Waals surface area contributed by atoms with Gasteiger partial charge in [-0.05, 0) is 80.2 Å². The standard InChI is InChI=1S/C39H33N2.C21H22NSi.Ir/c1-25(2)34-23-31(27-12-6-5-7-13-27)24-35(26(3)4)38(34)41-37-17-11-10-16-36(37)40-39(41)30-20-21-33-29(22-30)19-18-28-14-8-9-15-32(28)33;1-16-10-11-18(14-20(16)17-8-6-5-7-9-17)21-13-12-19(15-22-21)23(2,3)4;/h5-19,21-26H,1-4H3;5-10,12-15H,1-4H3;/q2*-1;. The molecule has 8 aromatic carbocycles. The normalized spacial score (nSPS) is 11.5. The molecule has 10 aromatic rings. The third-order valence-electron chi connectivity index (χ3n) is 12.4. The molecule has 2 aromatic heterocycles. The van der Waals surface area contributed by atoms with Crippen molar-refractivity contribution in [2.45, 2.75) is 66.1 Å². The summed E-state index contributed by atoms with van der Waals surface area (Å²) in [4.78, 5) is 9.92. The van der Waals surface area contributed by atoms with E-state index in [2.05, 4.69) is 240 Å². The van der Waals surface area contributed by atoms with Gasteiger partial charge in [0.2, 0.25) is 0 Å². The minimum atomic E-state index is -1.30. The van der Waals surface area contributed by atoms with Crippen molar-refractivity contribution >= 4 is 45.8 Å². The molecule has 0 spiro atoms. The van der Waals surface area contributed by atoms with E-state index in [4.69, 9.17) is 4.98 Å². The third kappa shape index (κ3) is 9.33. The first kappa shape index (κ1) is 45.3. The first-order valence-electron chi connectivity index (χ1n) is 22.5. The van der Waals surface area contributed by atoms with Crippen LogP contribution in [-0.4, -0.2) is 22.6 Å². The van der Waals surface area contributed by atoms with Gasteiger partial charge in [-0.25, -0.2) is 0 Å². The first-order chi connectivity index (χ1) is 30.9. The molecule has 0 aliphatic carbocycles. The van der Waals surface area contributed by atoms with Gasteiger partial charge in [-0.1, -0.05) is 192 Å². The molecule has 2 heterocycles. The van der Waals surface area contributed by atoms with E-state index in [-0.39, 0.29) is 20.1 Å². The zero-order valence-electron chi connectivity index (χ0n) is 38.6. The van der Waals surface area contributed by atoms with Crippen molar-refractivity contribution in [1.82, 2.24) is 14.5 Å². The van der Waals surface area contributed by atoms with Crippen molar-refractivity contribution in [2.75, 3.05) is 0 Å². The molecular formula is C60H55IrN3Si-2. The quantitative estimate of drug-likeness (QED) is 0.0863. The molecule has 325 valence electrons. The van der Waals surface area contributed by atoms with Gasteiger partial charge >= 0.3 is 0 Å². The second kappa shape index (κ2) is 19.1. The average Bonchev–Trinajstić information content (AvgIpc) is 3.71. The number of hydrogen-bond acceptors (Lipinski definition) is 2. The minimum absolute atomic E-state index is 0. The van der Waals surface area contributed by atoms with E-state index >= 15 is 0 Å². The number of pyridine rings is 1. The third-order valence-corrected chi connectivity index (χ3v) is 14.4. The summed E-state index contributed by atoms with van der Waals surface area (Å²) in [7, 11) is -1.30. The van der Waals surface area contributed by atoms with Gasteiger partial charge in [0.05, 0.1) is 24.9 Å². The molecule has 0 amide bonds. The summed E-state index contributed by atoms with van der Waals surface area (Å²) >= 11 is 0. The molecule has 0 aliphatic heterocycles. The first-order valence-corrected chi connectivity index (χ1v) is 26.0. The van der Waals surface area contributed by atoms with E-state index < -0.39 is 8.07 Å². The predicted octanol–water partition coefficient (Wildman–Crippen LogP) is 15.8. The molecule has 0 atom stereocenters. The van der Waals surface area contributed by atoms with E-state index in [1.165, 1.54) is 71.4 Å². The molecule has 0 aliphatic rings. The van der Waals surface area contributed by atoms with Crippen LogP contribution in [0.15, 0.2) is 176 Å². The van der Waals surface area contributed by atoms with Crippen LogP contribution in [0.25, 0.3) is 83.2 Å². The molecule has 3 nitrogen and oxygen atoms in total. The Bertz CT molecular complexity index is 3220. The minimum Gasteiger partial charge on any atom is -0.333 e. The smallest absolute Gasteiger partial charge is 0.0795 e. The second-order valence-electron chi connectivity index (χ2n) is 18.6. The van der Waals surface area contributed by atoms with Crippen LogP contribution in [0.5, 0.6) is 0 Å². The Balaban J connectivity index is 0.000000204. The van der Waals surface area contributed by atoms with E-state index in [0.717, 1.165) is 33.7 Å². The summed E-state index contributed by atoms with van der Waals surface area (Å²) < 4.78 is 2.40. The van der Waals surface area contributed by atoms with E-state index in [1.54, 1.807) is 0 Å². The van der Waals surface area contributed by atoms with Gasteiger partial charge in [-0.2, -0.15) is 0 Å². The topological polar surface area (TPSA) is 30.7 Å². The Morgan fingerprint density at radius 2 is 1.17 bits per heavy atom. The summed E-state index contributed by atoms with van der Waals surface area (Å²) in [5, 5.41) is 6.30. The van der Waals surface area contributed by atoms with E-state index in [9.17, 15) is 0 Å². The van der Waals surface area contributed by atoms with Crippen molar-refractivity contribution in [1.29, 1.82) is 0 Å². The number of benzene rings is 8. The van der Waals surface area contributed by atoms with Crippen LogP contribution >= 0.6 is 0 Å². The molecule has 10 rings (SSSR count). The maximum absolute atomic E-state index is 5.24. The van der Waals surface area contributed by atoms with Crippen LogP contribution in [-0.2, 0) is 20.1 Å². The molecule has 0 saturated heterocycles. The summed E-state index contributed by atoms with van der Waals surface area (Å²) in [6.07, 6.45) is 2.04. The molecule has 0 saturated carbocycles. The van der Waals surface area contributed by atoms with Crippen LogP contribution in [0.4, 0.5) is 0 Å². The van der Waals surface area contributed by atoms with Gasteiger partial charge in [0.15, 0.2) is 0 Å². The van der Waals surface area contributed by atoms with Crippen LogP contribution in [0.2, 0.25) is 19.6 Å². The van der Waals surface area contributed by atoms with E-state index in [1.807, 2.05) is 12.3 Å². The van der Waals surface area contributed by atoms with Gasteiger partial charge < -0.3 is 9.55 Å². The largest absolute Gasteiger partial charge is 0.333 e. The Morgan fingerprint density at radius 1 is 0.554 bits per heavy atom. The van der Waals surface area contributed by atoms with Crippen LogP contribution in [0, 0.1) is 19.1 Å². The second-order valence-corrected chi connectivity index (χ2v) is 23.6. The summed E-state index contributed by atoms with van der Waals surface area (Å²) in [6.45, 7) is 18.3. The van der Waals surface area contributed by atoms with Crippen LogP contribution in [0.3, 0.4) is 0 Å². The van der Waals surface area contributed by atoms with Crippen molar-refractivity contribution in [3.8, 4) is 50.6 Å². The molecule has 0 fully saturated rings. The van der Waals surface area contributed by atoms with Crippen molar-refractivity contribution in [3.63, 3.8) is 0 Å². The number of rotatable bonds is 8. The number of nitrogens with zero attached hydrogens (tertiary/aromatic N) is 3. The molecule has 0 bridgehead atoms. The summed E-state index contributed by atoms with van der Waals surface area (Å²) in [6, 6.07) is 67.5. The number of hydrogen-bond donors (Lipinski definition) is 0. The van der Waals surface area contributed by atoms with Gasteiger partial charge in [0, 0.05) is 32.0 Å². The zero-order valence-corrected chi connectivity index (χ0v) is 42.0. The Hall–Kier alpha value is -6.23. The fourth-order valence-electron chi connectivity index (χ4n) is 8.76. The van der Waals surface area contributed by atoms with Crippen LogP contribution < -0.4 is 5.19 Å². The fraction of sp³-hybridized carbons (Fsp3) is 0.167. The summed E-state index contributed by atoms with van der Waals surface area (Å²) in [5.41, 5.74) is 15.3. The van der Waals surface area contributed by atoms with Gasteiger partial charge in [0.25, 0.3) is 0 Å². The number of para-hydroxylation sites is 2. The SMILES string of the molecule is CC(C)c1cc(-c2ccccc2)cc(C(C)C)c1-n1c(-c2[c-]cc3c(ccc4ccccc43)c2)nc2ccccc21.Cc1c[c-]c(-c2ccc([Si](C)(C)C)cn2)cc1-c1ccccc1.[Ir].